The molecule has 1 N–H and O–H groups in total. The Hall–Kier alpha value is -1.06. The number of rotatable bonds is 3. The molecule has 1 aliphatic heterocycles. The molecule has 1 aromatic rings. The molecule has 0 amide bonds. The second-order valence-electron chi connectivity index (χ2n) is 4.13. The number of methoxy groups -OCH3 is 1. The third-order valence-corrected chi connectivity index (χ3v) is 3.00. The molecule has 0 aromatic heterocycles. The first-order valence-electron chi connectivity index (χ1n) is 5.75. The highest BCUT2D eigenvalue weighted by Gasteiger charge is 2.23. The molecule has 0 spiro atoms. The normalized spacial score (nSPS) is 22.8. The van der Waals surface area contributed by atoms with Gasteiger partial charge in [-0.15, -0.1) is 0 Å². The fourth-order valence-electron chi connectivity index (χ4n) is 2.05. The van der Waals surface area contributed by atoms with Crippen molar-refractivity contribution in [3.05, 3.63) is 29.8 Å². The lowest BCUT2D eigenvalue weighted by atomic mass is 9.98. The topological polar surface area (TPSA) is 38.7 Å². The predicted octanol–water partition coefficient (Wildman–Crippen LogP) is 2.30. The van der Waals surface area contributed by atoms with Crippen LogP contribution in [0.1, 0.15) is 30.9 Å². The molecule has 88 valence electrons. The van der Waals surface area contributed by atoms with E-state index in [9.17, 15) is 5.11 Å². The van der Waals surface area contributed by atoms with Gasteiger partial charge < -0.3 is 14.6 Å². The van der Waals surface area contributed by atoms with Crippen molar-refractivity contribution in [2.75, 3.05) is 13.7 Å². The molecule has 0 radical (unpaired) electrons. The maximum absolute atomic E-state index is 10.2. The van der Waals surface area contributed by atoms with Crippen molar-refractivity contribution in [2.24, 2.45) is 0 Å². The Morgan fingerprint density at radius 3 is 3.00 bits per heavy atom. The summed E-state index contributed by atoms with van der Waals surface area (Å²) in [5.41, 5.74) is 0.867. The van der Waals surface area contributed by atoms with E-state index in [0.29, 0.717) is 0 Å². The summed E-state index contributed by atoms with van der Waals surface area (Å²) in [6.45, 7) is 0.756. The van der Waals surface area contributed by atoms with Crippen LogP contribution in [0.15, 0.2) is 24.3 Å². The summed E-state index contributed by atoms with van der Waals surface area (Å²) in [6.07, 6.45) is 2.54. The maximum atomic E-state index is 10.2. The highest BCUT2D eigenvalue weighted by atomic mass is 16.5. The molecule has 3 heteroatoms. The molecule has 0 saturated carbocycles. The first-order valence-corrected chi connectivity index (χ1v) is 5.75. The van der Waals surface area contributed by atoms with Gasteiger partial charge in [0.2, 0.25) is 0 Å². The number of ether oxygens (including phenoxy) is 2. The van der Waals surface area contributed by atoms with Crippen LogP contribution in [0.25, 0.3) is 0 Å². The number of hydrogen-bond acceptors (Lipinski definition) is 3. The summed E-state index contributed by atoms with van der Waals surface area (Å²) in [6, 6.07) is 7.53. The molecular weight excluding hydrogens is 204 g/mol. The molecule has 1 heterocycles. The zero-order valence-corrected chi connectivity index (χ0v) is 9.56. The second kappa shape index (κ2) is 5.32. The average Bonchev–Trinajstić information content (AvgIpc) is 2.39. The van der Waals surface area contributed by atoms with E-state index in [1.165, 1.54) is 0 Å². The summed E-state index contributed by atoms with van der Waals surface area (Å²) in [5.74, 6) is 0.771. The van der Waals surface area contributed by atoms with Crippen LogP contribution in [0.3, 0.4) is 0 Å². The Balaban J connectivity index is 2.09. The van der Waals surface area contributed by atoms with Gasteiger partial charge in [-0.1, -0.05) is 12.1 Å². The van der Waals surface area contributed by atoms with E-state index in [4.69, 9.17) is 9.47 Å². The van der Waals surface area contributed by atoms with Crippen LogP contribution in [-0.4, -0.2) is 24.9 Å². The SMILES string of the molecule is COc1cccc(C(O)C2CCCCO2)c1. The molecule has 1 fully saturated rings. The van der Waals surface area contributed by atoms with Crippen LogP contribution < -0.4 is 4.74 Å². The summed E-state index contributed by atoms with van der Waals surface area (Å²) < 4.78 is 10.7. The van der Waals surface area contributed by atoms with Crippen LogP contribution in [0.5, 0.6) is 5.75 Å². The van der Waals surface area contributed by atoms with Gasteiger partial charge in [-0.3, -0.25) is 0 Å². The van der Waals surface area contributed by atoms with Crippen LogP contribution in [0.4, 0.5) is 0 Å². The van der Waals surface area contributed by atoms with E-state index in [1.54, 1.807) is 7.11 Å². The van der Waals surface area contributed by atoms with Crippen LogP contribution >= 0.6 is 0 Å². The lowest BCUT2D eigenvalue weighted by molar-refractivity contribution is -0.0633. The van der Waals surface area contributed by atoms with E-state index in [1.807, 2.05) is 24.3 Å². The third-order valence-electron chi connectivity index (χ3n) is 3.00. The van der Waals surface area contributed by atoms with Crippen LogP contribution in [0.2, 0.25) is 0 Å². The summed E-state index contributed by atoms with van der Waals surface area (Å²) in [5, 5.41) is 10.2. The van der Waals surface area contributed by atoms with E-state index in [0.717, 1.165) is 37.2 Å². The minimum atomic E-state index is -0.546. The Bertz CT molecular complexity index is 332. The summed E-state index contributed by atoms with van der Waals surface area (Å²) in [4.78, 5) is 0. The molecular formula is C13H18O3. The van der Waals surface area contributed by atoms with Gasteiger partial charge in [-0.25, -0.2) is 0 Å². The van der Waals surface area contributed by atoms with Gasteiger partial charge in [-0.2, -0.15) is 0 Å². The molecule has 0 aliphatic carbocycles. The second-order valence-corrected chi connectivity index (χ2v) is 4.13. The Kier molecular flexibility index (Phi) is 3.80. The fraction of sp³-hybridized carbons (Fsp3) is 0.538. The maximum Gasteiger partial charge on any atom is 0.119 e. The molecule has 2 unspecified atom stereocenters. The first-order chi connectivity index (χ1) is 7.81. The molecule has 2 atom stereocenters. The van der Waals surface area contributed by atoms with Crippen molar-refractivity contribution in [3.8, 4) is 5.75 Å². The molecule has 1 aliphatic rings. The number of hydrogen-bond donors (Lipinski definition) is 1. The monoisotopic (exact) mass is 222 g/mol. The Morgan fingerprint density at radius 2 is 2.31 bits per heavy atom. The Labute approximate surface area is 96.0 Å². The summed E-state index contributed by atoms with van der Waals surface area (Å²) in [7, 11) is 1.63. The van der Waals surface area contributed by atoms with Crippen molar-refractivity contribution >= 4 is 0 Å². The van der Waals surface area contributed by atoms with E-state index in [2.05, 4.69) is 0 Å². The number of benzene rings is 1. The highest BCUT2D eigenvalue weighted by molar-refractivity contribution is 5.30. The molecule has 16 heavy (non-hydrogen) atoms. The largest absolute Gasteiger partial charge is 0.497 e. The molecule has 2 rings (SSSR count). The zero-order chi connectivity index (χ0) is 11.4. The molecule has 1 saturated heterocycles. The molecule has 3 nitrogen and oxygen atoms in total. The third kappa shape index (κ3) is 2.54. The van der Waals surface area contributed by atoms with Gasteiger partial charge in [0, 0.05) is 6.61 Å². The van der Waals surface area contributed by atoms with Gasteiger partial charge in [0.05, 0.1) is 13.2 Å². The quantitative estimate of drug-likeness (QED) is 0.852. The first kappa shape index (κ1) is 11.4. The van der Waals surface area contributed by atoms with E-state index in [-0.39, 0.29) is 6.10 Å². The highest BCUT2D eigenvalue weighted by Crippen LogP contribution is 2.28. The zero-order valence-electron chi connectivity index (χ0n) is 9.56. The standard InChI is InChI=1S/C13H18O3/c1-15-11-6-4-5-10(9-11)13(14)12-7-2-3-8-16-12/h4-6,9,12-14H,2-3,7-8H2,1H3. The minimum absolute atomic E-state index is 0.0687. The van der Waals surface area contributed by atoms with E-state index < -0.39 is 6.10 Å². The van der Waals surface area contributed by atoms with E-state index >= 15 is 0 Å². The van der Waals surface area contributed by atoms with Gasteiger partial charge >= 0.3 is 0 Å². The van der Waals surface area contributed by atoms with Crippen LogP contribution in [0, 0.1) is 0 Å². The summed E-state index contributed by atoms with van der Waals surface area (Å²) >= 11 is 0. The van der Waals surface area contributed by atoms with Gasteiger partial charge in [0.15, 0.2) is 0 Å². The fourth-order valence-corrected chi connectivity index (χ4v) is 2.05. The van der Waals surface area contributed by atoms with Crippen molar-refractivity contribution < 1.29 is 14.6 Å². The number of aliphatic hydroxyl groups excluding tert-OH is 1. The minimum Gasteiger partial charge on any atom is -0.497 e. The van der Waals surface area contributed by atoms with Crippen LogP contribution in [-0.2, 0) is 4.74 Å². The van der Waals surface area contributed by atoms with Gasteiger partial charge in [0.25, 0.3) is 0 Å². The number of aliphatic hydroxyl groups is 1. The Morgan fingerprint density at radius 1 is 1.44 bits per heavy atom. The predicted molar refractivity (Wildman–Crippen MR) is 61.5 cm³/mol. The van der Waals surface area contributed by atoms with Crippen molar-refractivity contribution in [1.82, 2.24) is 0 Å². The molecule has 0 bridgehead atoms. The lowest BCUT2D eigenvalue weighted by Crippen LogP contribution is -2.26. The average molecular weight is 222 g/mol. The lowest BCUT2D eigenvalue weighted by Gasteiger charge is -2.27. The van der Waals surface area contributed by atoms with Gasteiger partial charge in [-0.05, 0) is 37.0 Å². The molecule has 1 aromatic carbocycles. The smallest absolute Gasteiger partial charge is 0.119 e. The van der Waals surface area contributed by atoms with Crippen molar-refractivity contribution in [1.29, 1.82) is 0 Å². The van der Waals surface area contributed by atoms with Crippen molar-refractivity contribution in [3.63, 3.8) is 0 Å². The van der Waals surface area contributed by atoms with Gasteiger partial charge in [0.1, 0.15) is 11.9 Å². The van der Waals surface area contributed by atoms with Crippen molar-refractivity contribution in [2.45, 2.75) is 31.5 Å².